The fourth-order valence-corrected chi connectivity index (χ4v) is 4.10. The van der Waals surface area contributed by atoms with Gasteiger partial charge in [-0.1, -0.05) is 6.07 Å². The first kappa shape index (κ1) is 17.1. The molecule has 2 aliphatic rings. The first-order chi connectivity index (χ1) is 12.3. The number of aromatic nitrogens is 2. The normalized spacial score (nSPS) is 20.0. The molecule has 2 aromatic rings. The molecule has 26 heavy (non-hydrogen) atoms. The van der Waals surface area contributed by atoms with E-state index in [0.717, 1.165) is 29.7 Å². The number of halogens is 1. The van der Waals surface area contributed by atoms with Crippen molar-refractivity contribution in [1.82, 2.24) is 14.5 Å². The van der Waals surface area contributed by atoms with E-state index in [9.17, 15) is 9.18 Å². The van der Waals surface area contributed by atoms with Gasteiger partial charge in [-0.15, -0.1) is 0 Å². The second-order valence-corrected chi connectivity index (χ2v) is 8.17. The SMILES string of the molecule is CC(C)(C)OC(=O)N1CCC(C2c3ccc(F)cc3-c3cncn32)CC1. The lowest BCUT2D eigenvalue weighted by molar-refractivity contribution is 0.0170. The number of rotatable bonds is 1. The van der Waals surface area contributed by atoms with E-state index >= 15 is 0 Å². The van der Waals surface area contributed by atoms with E-state index in [0.29, 0.717) is 19.0 Å². The Kier molecular flexibility index (Phi) is 4.01. The molecule has 0 bridgehead atoms. The molecule has 1 unspecified atom stereocenters. The van der Waals surface area contributed by atoms with Gasteiger partial charge in [-0.25, -0.2) is 14.2 Å². The van der Waals surface area contributed by atoms with Gasteiger partial charge in [-0.3, -0.25) is 0 Å². The lowest BCUT2D eigenvalue weighted by atomic mass is 9.85. The Bertz CT molecular complexity index is 832. The molecular weight excluding hydrogens is 333 g/mol. The van der Waals surface area contributed by atoms with Crippen LogP contribution in [0.25, 0.3) is 11.3 Å². The number of ether oxygens (including phenoxy) is 1. The van der Waals surface area contributed by atoms with E-state index in [2.05, 4.69) is 9.55 Å². The summed E-state index contributed by atoms with van der Waals surface area (Å²) in [5.74, 6) is 0.158. The highest BCUT2D eigenvalue weighted by Gasteiger charge is 2.37. The number of fused-ring (bicyclic) bond motifs is 3. The smallest absolute Gasteiger partial charge is 0.410 e. The van der Waals surface area contributed by atoms with E-state index in [1.807, 2.05) is 33.2 Å². The number of piperidine rings is 1. The minimum absolute atomic E-state index is 0.156. The van der Waals surface area contributed by atoms with Gasteiger partial charge < -0.3 is 14.2 Å². The molecular formula is C20H24FN3O2. The maximum absolute atomic E-state index is 13.7. The predicted molar refractivity (Wildman–Crippen MR) is 96.3 cm³/mol. The molecule has 1 saturated heterocycles. The Balaban J connectivity index is 1.52. The van der Waals surface area contributed by atoms with Gasteiger partial charge in [0.15, 0.2) is 0 Å². The van der Waals surface area contributed by atoms with Gasteiger partial charge in [0.2, 0.25) is 0 Å². The number of carbonyl (C=O) groups excluding carboxylic acids is 1. The van der Waals surface area contributed by atoms with Gasteiger partial charge in [0.05, 0.1) is 24.3 Å². The van der Waals surface area contributed by atoms with Gasteiger partial charge in [-0.05, 0) is 57.2 Å². The lowest BCUT2D eigenvalue weighted by Crippen LogP contribution is -2.43. The van der Waals surface area contributed by atoms with Gasteiger partial charge in [0, 0.05) is 18.7 Å². The van der Waals surface area contributed by atoms with Crippen LogP contribution in [0.4, 0.5) is 9.18 Å². The molecule has 2 aliphatic heterocycles. The van der Waals surface area contributed by atoms with Gasteiger partial charge >= 0.3 is 6.09 Å². The summed E-state index contributed by atoms with van der Waals surface area (Å²) >= 11 is 0. The monoisotopic (exact) mass is 357 g/mol. The second-order valence-electron chi connectivity index (χ2n) is 8.17. The van der Waals surface area contributed by atoms with E-state index in [-0.39, 0.29) is 18.0 Å². The molecule has 1 amide bonds. The number of imidazole rings is 1. The molecule has 1 fully saturated rings. The molecule has 0 N–H and O–H groups in total. The van der Waals surface area contributed by atoms with Crippen LogP contribution in [0.15, 0.2) is 30.7 Å². The lowest BCUT2D eigenvalue weighted by Gasteiger charge is -2.36. The number of hydrogen-bond donors (Lipinski definition) is 0. The third-order valence-corrected chi connectivity index (χ3v) is 5.21. The number of benzene rings is 1. The molecule has 5 nitrogen and oxygen atoms in total. The zero-order valence-electron chi connectivity index (χ0n) is 15.4. The first-order valence-corrected chi connectivity index (χ1v) is 9.13. The Morgan fingerprint density at radius 3 is 2.69 bits per heavy atom. The summed E-state index contributed by atoms with van der Waals surface area (Å²) in [5, 5.41) is 0. The van der Waals surface area contributed by atoms with Crippen LogP contribution in [-0.2, 0) is 4.74 Å². The maximum Gasteiger partial charge on any atom is 0.410 e. The first-order valence-electron chi connectivity index (χ1n) is 9.13. The average Bonchev–Trinajstić information content (AvgIpc) is 3.14. The van der Waals surface area contributed by atoms with Gasteiger partial charge in [0.1, 0.15) is 11.4 Å². The van der Waals surface area contributed by atoms with Gasteiger partial charge in [0.25, 0.3) is 0 Å². The summed E-state index contributed by atoms with van der Waals surface area (Å²) in [5.41, 5.74) is 2.58. The van der Waals surface area contributed by atoms with Crippen molar-refractivity contribution in [1.29, 1.82) is 0 Å². The molecule has 0 radical (unpaired) electrons. The average molecular weight is 357 g/mol. The Morgan fingerprint density at radius 1 is 1.27 bits per heavy atom. The molecule has 1 aromatic heterocycles. The van der Waals surface area contributed by atoms with Crippen LogP contribution in [0.3, 0.4) is 0 Å². The van der Waals surface area contributed by atoms with Crippen molar-refractivity contribution in [2.75, 3.05) is 13.1 Å². The van der Waals surface area contributed by atoms with Crippen LogP contribution in [0, 0.1) is 11.7 Å². The van der Waals surface area contributed by atoms with Crippen LogP contribution < -0.4 is 0 Å². The summed E-state index contributed by atoms with van der Waals surface area (Å²) < 4.78 is 21.4. The molecule has 4 rings (SSSR count). The number of nitrogens with zero attached hydrogens (tertiary/aromatic N) is 3. The minimum atomic E-state index is -0.478. The fraction of sp³-hybridized carbons (Fsp3) is 0.500. The molecule has 1 atom stereocenters. The third-order valence-electron chi connectivity index (χ3n) is 5.21. The van der Waals surface area contributed by atoms with E-state index in [4.69, 9.17) is 4.74 Å². The largest absolute Gasteiger partial charge is 0.444 e. The third kappa shape index (κ3) is 2.97. The standard InChI is InChI=1S/C20H24FN3O2/c1-20(2,3)26-19(25)23-8-6-13(7-9-23)18-15-5-4-14(21)10-16(15)17-11-22-12-24(17)18/h4-5,10-13,18H,6-9H2,1-3H3. The quantitative estimate of drug-likeness (QED) is 0.767. The molecule has 0 saturated carbocycles. The van der Waals surface area contributed by atoms with Crippen LogP contribution in [-0.4, -0.2) is 39.2 Å². The van der Waals surface area contributed by atoms with Crippen LogP contribution >= 0.6 is 0 Å². The Hall–Kier alpha value is -2.37. The zero-order valence-corrected chi connectivity index (χ0v) is 15.4. The van der Waals surface area contributed by atoms with Crippen LogP contribution in [0.2, 0.25) is 0 Å². The van der Waals surface area contributed by atoms with Gasteiger partial charge in [-0.2, -0.15) is 0 Å². The summed E-state index contributed by atoms with van der Waals surface area (Å²) in [4.78, 5) is 18.3. The van der Waals surface area contributed by atoms with E-state index in [1.54, 1.807) is 17.2 Å². The molecule has 6 heteroatoms. The minimum Gasteiger partial charge on any atom is -0.444 e. The topological polar surface area (TPSA) is 47.4 Å². The highest BCUT2D eigenvalue weighted by molar-refractivity contribution is 5.70. The van der Waals surface area contributed by atoms with Crippen molar-refractivity contribution in [2.24, 2.45) is 5.92 Å². The number of hydrogen-bond acceptors (Lipinski definition) is 3. The van der Waals surface area contributed by atoms with Crippen LogP contribution in [0.1, 0.15) is 45.2 Å². The van der Waals surface area contributed by atoms with Crippen molar-refractivity contribution in [3.8, 4) is 11.3 Å². The number of carbonyl (C=O) groups is 1. The molecule has 138 valence electrons. The predicted octanol–water partition coefficient (Wildman–Crippen LogP) is 4.24. The second kappa shape index (κ2) is 6.11. The molecule has 3 heterocycles. The van der Waals surface area contributed by atoms with Crippen molar-refractivity contribution in [2.45, 2.75) is 45.3 Å². The Labute approximate surface area is 152 Å². The van der Waals surface area contributed by atoms with Crippen molar-refractivity contribution in [3.63, 3.8) is 0 Å². The maximum atomic E-state index is 13.7. The number of amides is 1. The van der Waals surface area contributed by atoms with E-state index < -0.39 is 5.60 Å². The highest BCUT2D eigenvalue weighted by Crippen LogP contribution is 2.45. The highest BCUT2D eigenvalue weighted by atomic mass is 19.1. The van der Waals surface area contributed by atoms with Crippen LogP contribution in [0.5, 0.6) is 0 Å². The summed E-state index contributed by atoms with van der Waals surface area (Å²) in [7, 11) is 0. The summed E-state index contributed by atoms with van der Waals surface area (Å²) in [6.45, 7) is 7.00. The number of likely N-dealkylation sites (tertiary alicyclic amines) is 1. The van der Waals surface area contributed by atoms with Crippen molar-refractivity contribution in [3.05, 3.63) is 42.1 Å². The summed E-state index contributed by atoms with van der Waals surface area (Å²) in [6, 6.07) is 5.17. The van der Waals surface area contributed by atoms with Crippen molar-refractivity contribution < 1.29 is 13.9 Å². The summed E-state index contributed by atoms with van der Waals surface area (Å²) in [6.07, 6.45) is 5.16. The molecule has 1 aromatic carbocycles. The fourth-order valence-electron chi connectivity index (χ4n) is 4.10. The Morgan fingerprint density at radius 2 is 2.00 bits per heavy atom. The van der Waals surface area contributed by atoms with E-state index in [1.165, 1.54) is 6.07 Å². The zero-order chi connectivity index (χ0) is 18.5. The molecule has 0 aliphatic carbocycles. The van der Waals surface area contributed by atoms with Crippen molar-refractivity contribution >= 4 is 6.09 Å². The molecule has 0 spiro atoms.